The van der Waals surface area contributed by atoms with Crippen molar-refractivity contribution in [3.63, 3.8) is 0 Å². The summed E-state index contributed by atoms with van der Waals surface area (Å²) in [5.74, 6) is -0.201. The lowest BCUT2D eigenvalue weighted by Gasteiger charge is -2.16. The van der Waals surface area contributed by atoms with Crippen molar-refractivity contribution >= 4 is 11.6 Å². The molecule has 3 N–H and O–H groups in total. The lowest BCUT2D eigenvalue weighted by molar-refractivity contribution is -0.125. The van der Waals surface area contributed by atoms with Crippen LogP contribution in [-0.4, -0.2) is 43.7 Å². The Bertz CT molecular complexity index is 440. The molecule has 1 saturated heterocycles. The van der Waals surface area contributed by atoms with Gasteiger partial charge in [-0.2, -0.15) is 0 Å². The minimum atomic E-state index is -0.600. The molecule has 2 rings (SSSR count). The smallest absolute Gasteiger partial charge is 0.254 e. The molecule has 0 aromatic heterocycles. The number of nitrogens with two attached hydrogens (primary N) is 1. The highest BCUT2D eigenvalue weighted by molar-refractivity contribution is 5.94. The average Bonchev–Trinajstić information content (AvgIpc) is 2.93. The molecule has 1 fully saturated rings. The predicted octanol–water partition coefficient (Wildman–Crippen LogP) is 1.19. The number of carbonyl (C=O) groups excluding carboxylic acids is 1. The fourth-order valence-corrected chi connectivity index (χ4v) is 2.48. The summed E-state index contributed by atoms with van der Waals surface area (Å²) in [6.45, 7) is 3.44. The number of anilines is 1. The van der Waals surface area contributed by atoms with Gasteiger partial charge >= 0.3 is 0 Å². The standard InChI is InChI=1S/C15H23N3O2/c1-20-14(10-16)15(19)17-13-6-4-5-12(9-13)11-18-7-2-3-8-18/h4-6,9,14H,2-3,7-8,10-11,16H2,1H3,(H,17,19). The second-order valence-corrected chi connectivity index (χ2v) is 5.13. The Labute approximate surface area is 120 Å². The molecule has 20 heavy (non-hydrogen) atoms. The van der Waals surface area contributed by atoms with Crippen molar-refractivity contribution in [3.05, 3.63) is 29.8 Å². The predicted molar refractivity (Wildman–Crippen MR) is 79.4 cm³/mol. The van der Waals surface area contributed by atoms with Gasteiger partial charge in [-0.1, -0.05) is 12.1 Å². The molecule has 1 atom stereocenters. The summed E-state index contributed by atoms with van der Waals surface area (Å²) in [5, 5.41) is 2.85. The van der Waals surface area contributed by atoms with Crippen LogP contribution in [0.25, 0.3) is 0 Å². The molecule has 110 valence electrons. The molecule has 1 aromatic rings. The first-order valence-electron chi connectivity index (χ1n) is 7.08. The quantitative estimate of drug-likeness (QED) is 0.820. The molecule has 5 heteroatoms. The maximum atomic E-state index is 11.9. The zero-order valence-corrected chi connectivity index (χ0v) is 12.0. The number of nitrogens with zero attached hydrogens (tertiary/aromatic N) is 1. The third-order valence-electron chi connectivity index (χ3n) is 3.59. The van der Waals surface area contributed by atoms with Crippen LogP contribution < -0.4 is 11.1 Å². The number of ether oxygens (including phenoxy) is 1. The Morgan fingerprint density at radius 1 is 1.45 bits per heavy atom. The highest BCUT2D eigenvalue weighted by Gasteiger charge is 2.16. The van der Waals surface area contributed by atoms with Gasteiger partial charge in [0.05, 0.1) is 0 Å². The van der Waals surface area contributed by atoms with Gasteiger partial charge in [-0.05, 0) is 43.6 Å². The van der Waals surface area contributed by atoms with Crippen LogP contribution in [-0.2, 0) is 16.1 Å². The number of hydrogen-bond donors (Lipinski definition) is 2. The van der Waals surface area contributed by atoms with E-state index < -0.39 is 6.10 Å². The van der Waals surface area contributed by atoms with Crippen molar-refractivity contribution < 1.29 is 9.53 Å². The van der Waals surface area contributed by atoms with Crippen LogP contribution in [0.5, 0.6) is 0 Å². The third-order valence-corrected chi connectivity index (χ3v) is 3.59. The van der Waals surface area contributed by atoms with Crippen molar-refractivity contribution in [1.82, 2.24) is 4.90 Å². The largest absolute Gasteiger partial charge is 0.370 e. The maximum Gasteiger partial charge on any atom is 0.254 e. The molecular weight excluding hydrogens is 254 g/mol. The summed E-state index contributed by atoms with van der Waals surface area (Å²) < 4.78 is 5.03. The normalized spacial score (nSPS) is 17.1. The molecule has 0 bridgehead atoms. The van der Waals surface area contributed by atoms with E-state index in [9.17, 15) is 4.79 Å². The molecule has 0 saturated carbocycles. The van der Waals surface area contributed by atoms with Crippen LogP contribution in [0, 0.1) is 0 Å². The van der Waals surface area contributed by atoms with Gasteiger partial charge in [0.1, 0.15) is 6.10 Å². The summed E-state index contributed by atoms with van der Waals surface area (Å²) in [4.78, 5) is 14.3. The van der Waals surface area contributed by atoms with Gasteiger partial charge in [0.25, 0.3) is 5.91 Å². The van der Waals surface area contributed by atoms with Crippen LogP contribution in [0.4, 0.5) is 5.69 Å². The SMILES string of the molecule is COC(CN)C(=O)Nc1cccc(CN2CCCC2)c1. The average molecular weight is 277 g/mol. The van der Waals surface area contributed by atoms with E-state index in [-0.39, 0.29) is 12.5 Å². The third kappa shape index (κ3) is 4.03. The van der Waals surface area contributed by atoms with Crippen molar-refractivity contribution in [2.75, 3.05) is 32.1 Å². The molecule has 0 aliphatic carbocycles. The van der Waals surface area contributed by atoms with Crippen LogP contribution in [0.15, 0.2) is 24.3 Å². The molecule has 1 aromatic carbocycles. The molecule has 1 aliphatic heterocycles. The van der Waals surface area contributed by atoms with Gasteiger partial charge in [0.2, 0.25) is 0 Å². The Morgan fingerprint density at radius 3 is 2.85 bits per heavy atom. The maximum absolute atomic E-state index is 11.9. The van der Waals surface area contributed by atoms with E-state index in [0.29, 0.717) is 0 Å². The Hall–Kier alpha value is -1.43. The summed E-state index contributed by atoms with van der Waals surface area (Å²) >= 11 is 0. The monoisotopic (exact) mass is 277 g/mol. The molecule has 1 aliphatic rings. The van der Waals surface area contributed by atoms with E-state index in [2.05, 4.69) is 16.3 Å². The van der Waals surface area contributed by atoms with Crippen LogP contribution >= 0.6 is 0 Å². The number of carbonyl (C=O) groups is 1. The number of hydrogen-bond acceptors (Lipinski definition) is 4. The molecule has 1 heterocycles. The van der Waals surface area contributed by atoms with Crippen LogP contribution in [0.2, 0.25) is 0 Å². The fraction of sp³-hybridized carbons (Fsp3) is 0.533. The van der Waals surface area contributed by atoms with Gasteiger partial charge in [0, 0.05) is 25.9 Å². The second-order valence-electron chi connectivity index (χ2n) is 5.13. The Morgan fingerprint density at radius 2 is 2.20 bits per heavy atom. The Kier molecular flexibility index (Phi) is 5.52. The summed E-state index contributed by atoms with van der Waals surface area (Å²) in [6, 6.07) is 7.95. The summed E-state index contributed by atoms with van der Waals surface area (Å²) in [7, 11) is 1.49. The molecule has 5 nitrogen and oxygen atoms in total. The number of benzene rings is 1. The lowest BCUT2D eigenvalue weighted by atomic mass is 10.2. The van der Waals surface area contributed by atoms with Gasteiger partial charge in [-0.15, -0.1) is 0 Å². The molecule has 0 spiro atoms. The van der Waals surface area contributed by atoms with E-state index in [0.717, 1.165) is 25.3 Å². The molecule has 0 radical (unpaired) electrons. The fourth-order valence-electron chi connectivity index (χ4n) is 2.48. The van der Waals surface area contributed by atoms with Gasteiger partial charge in [-0.3, -0.25) is 9.69 Å². The number of methoxy groups -OCH3 is 1. The summed E-state index contributed by atoms with van der Waals surface area (Å²) in [6.07, 6.45) is 1.96. The van der Waals surface area contributed by atoms with Crippen molar-refractivity contribution in [1.29, 1.82) is 0 Å². The number of amides is 1. The van der Waals surface area contributed by atoms with Gasteiger partial charge in [-0.25, -0.2) is 0 Å². The minimum Gasteiger partial charge on any atom is -0.370 e. The van der Waals surface area contributed by atoms with Crippen LogP contribution in [0.3, 0.4) is 0 Å². The highest BCUT2D eigenvalue weighted by Crippen LogP contribution is 2.16. The van der Waals surface area contributed by atoms with E-state index in [1.54, 1.807) is 0 Å². The van der Waals surface area contributed by atoms with Gasteiger partial charge < -0.3 is 15.8 Å². The minimum absolute atomic E-state index is 0.176. The van der Waals surface area contributed by atoms with E-state index >= 15 is 0 Å². The second kappa shape index (κ2) is 7.38. The zero-order chi connectivity index (χ0) is 14.4. The van der Waals surface area contributed by atoms with Crippen LogP contribution in [0.1, 0.15) is 18.4 Å². The van der Waals surface area contributed by atoms with Crippen molar-refractivity contribution in [2.45, 2.75) is 25.5 Å². The lowest BCUT2D eigenvalue weighted by Crippen LogP contribution is -2.35. The van der Waals surface area contributed by atoms with E-state index in [1.165, 1.54) is 25.5 Å². The number of rotatable bonds is 6. The Balaban J connectivity index is 1.96. The van der Waals surface area contributed by atoms with Crippen molar-refractivity contribution in [2.24, 2.45) is 5.73 Å². The number of nitrogens with one attached hydrogen (secondary N) is 1. The first-order chi connectivity index (χ1) is 9.72. The molecular formula is C15H23N3O2. The highest BCUT2D eigenvalue weighted by atomic mass is 16.5. The van der Waals surface area contributed by atoms with Crippen molar-refractivity contribution in [3.8, 4) is 0 Å². The molecule has 1 amide bonds. The zero-order valence-electron chi connectivity index (χ0n) is 12.0. The first kappa shape index (κ1) is 15.0. The molecule has 1 unspecified atom stereocenters. The van der Waals surface area contributed by atoms with Gasteiger partial charge in [0.15, 0.2) is 0 Å². The topological polar surface area (TPSA) is 67.6 Å². The van der Waals surface area contributed by atoms with E-state index in [1.807, 2.05) is 18.2 Å². The van der Waals surface area contributed by atoms with E-state index in [4.69, 9.17) is 10.5 Å². The first-order valence-corrected chi connectivity index (χ1v) is 7.08. The number of likely N-dealkylation sites (tertiary alicyclic amines) is 1. The summed E-state index contributed by atoms with van der Waals surface area (Å²) in [5.41, 5.74) is 7.49.